The van der Waals surface area contributed by atoms with Crippen molar-refractivity contribution >= 4 is 60.3 Å². The molecule has 0 aliphatic carbocycles. The Kier molecular flexibility index (Phi) is 11.1. The number of nitrogens with zero attached hydrogens (tertiary/aromatic N) is 3. The van der Waals surface area contributed by atoms with E-state index in [1.165, 1.54) is 27.8 Å². The van der Waals surface area contributed by atoms with Gasteiger partial charge in [-0.1, -0.05) is 95.0 Å². The minimum atomic E-state index is -0.337. The summed E-state index contributed by atoms with van der Waals surface area (Å²) in [4.78, 5) is 26.2. The van der Waals surface area contributed by atoms with Crippen molar-refractivity contribution in [2.45, 2.75) is 81.1 Å². The van der Waals surface area contributed by atoms with Gasteiger partial charge in [0, 0.05) is 59.2 Å². The molecule has 0 atom stereocenters. The van der Waals surface area contributed by atoms with Crippen LogP contribution in [-0.2, 0) is 24.9 Å². The third kappa shape index (κ3) is 6.82. The Morgan fingerprint density at radius 3 is 2.20 bits per heavy atom. The van der Waals surface area contributed by atoms with Crippen LogP contribution >= 0.6 is 0 Å². The summed E-state index contributed by atoms with van der Waals surface area (Å²) in [6.07, 6.45) is 6.40. The average Bonchev–Trinajstić information content (AvgIpc) is 3.51. The van der Waals surface area contributed by atoms with E-state index >= 15 is 0 Å². The topological polar surface area (TPSA) is 89.1 Å². The molecular formula is C44H46IrN3O3-. The number of aryl methyl sites for hydroxylation is 2. The van der Waals surface area contributed by atoms with Gasteiger partial charge in [0.15, 0.2) is 5.78 Å². The largest absolute Gasteiger partial charge is 0.512 e. The zero-order valence-corrected chi connectivity index (χ0v) is 33.2. The molecule has 7 heteroatoms. The number of aliphatic hydroxyl groups is 1. The van der Waals surface area contributed by atoms with Crippen molar-refractivity contribution in [2.24, 2.45) is 10.8 Å². The number of aromatic nitrogens is 3. The van der Waals surface area contributed by atoms with Crippen molar-refractivity contribution in [1.82, 2.24) is 15.0 Å². The molecule has 0 fully saturated rings. The quantitative estimate of drug-likeness (QED) is 0.0709. The number of rotatable bonds is 8. The molecule has 7 aromatic rings. The number of fused-ring (bicyclic) bond motifs is 8. The molecule has 0 unspecified atom stereocenters. The smallest absolute Gasteiger partial charge is 0.216 e. The van der Waals surface area contributed by atoms with Crippen LogP contribution in [0, 0.1) is 30.7 Å². The standard InChI is InChI=1S/C29H18N3O.C15H28O2.Ir/c1-16-14-18-6-3-4-7-19(18)20-12-13-23-26(30-15-31-27(23)25(16)20)24-9-5-8-21-22-11-10-17(2)32-29(22)33-28(21)24;1-7-14(5,8-2)12(16)11-13(17)15(6,9-3)10-4;/h3-8,10-15H,1-2H3;11,16H,7-10H2,1-6H3;/q-1;;/b;12-11-;. The van der Waals surface area contributed by atoms with Crippen LogP contribution in [0.1, 0.15) is 78.5 Å². The SMILES string of the molecule is CCC(C)(CC)C(=O)/C=C(\O)C(C)(CC)CC.Cc1ccc2c(n1)oc1c(-c3ncnc4c3ccc3c5ccccc5cc(C)c34)[c-]ccc12.[Ir]. The monoisotopic (exact) mass is 857 g/mol. The van der Waals surface area contributed by atoms with Crippen molar-refractivity contribution in [1.29, 1.82) is 0 Å². The van der Waals surface area contributed by atoms with Crippen LogP contribution in [0.15, 0.2) is 89.3 Å². The predicted octanol–water partition coefficient (Wildman–Crippen LogP) is 12.0. The third-order valence-electron chi connectivity index (χ3n) is 11.1. The number of furan rings is 1. The first kappa shape index (κ1) is 37.8. The molecule has 51 heavy (non-hydrogen) atoms. The molecule has 3 heterocycles. The third-order valence-corrected chi connectivity index (χ3v) is 11.1. The van der Waals surface area contributed by atoms with Crippen molar-refractivity contribution in [3.05, 3.63) is 102 Å². The van der Waals surface area contributed by atoms with Crippen LogP contribution in [0.3, 0.4) is 0 Å². The van der Waals surface area contributed by atoms with Crippen LogP contribution in [0.5, 0.6) is 0 Å². The molecule has 0 aliphatic rings. The molecule has 4 aromatic carbocycles. The fourth-order valence-corrected chi connectivity index (χ4v) is 6.70. The van der Waals surface area contributed by atoms with E-state index in [1.807, 2.05) is 66.7 Å². The summed E-state index contributed by atoms with van der Waals surface area (Å²) >= 11 is 0. The van der Waals surface area contributed by atoms with E-state index in [0.29, 0.717) is 5.71 Å². The average molecular weight is 857 g/mol. The first-order valence-electron chi connectivity index (χ1n) is 17.7. The Labute approximate surface area is 313 Å². The van der Waals surface area contributed by atoms with Crippen LogP contribution in [0.25, 0.3) is 65.8 Å². The van der Waals surface area contributed by atoms with E-state index in [9.17, 15) is 9.90 Å². The van der Waals surface area contributed by atoms with Gasteiger partial charge in [0.25, 0.3) is 0 Å². The van der Waals surface area contributed by atoms with E-state index in [0.717, 1.165) is 75.3 Å². The zero-order valence-electron chi connectivity index (χ0n) is 30.8. The molecule has 0 bridgehead atoms. The number of benzene rings is 4. The number of hydrogen-bond acceptors (Lipinski definition) is 6. The second kappa shape index (κ2) is 15.0. The van der Waals surface area contributed by atoms with Gasteiger partial charge in [0.1, 0.15) is 12.1 Å². The number of carbonyl (C=O) groups excluding carboxylic acids is 1. The molecule has 265 valence electrons. The van der Waals surface area contributed by atoms with Gasteiger partial charge in [-0.15, -0.1) is 18.2 Å². The van der Waals surface area contributed by atoms with Crippen LogP contribution in [0.4, 0.5) is 0 Å². The minimum absolute atomic E-state index is 0. The van der Waals surface area contributed by atoms with Gasteiger partial charge >= 0.3 is 0 Å². The van der Waals surface area contributed by atoms with Crippen molar-refractivity contribution < 1.29 is 34.4 Å². The summed E-state index contributed by atoms with van der Waals surface area (Å²) in [6.45, 7) is 16.2. The maximum atomic E-state index is 12.2. The molecule has 0 spiro atoms. The molecule has 6 nitrogen and oxygen atoms in total. The van der Waals surface area contributed by atoms with Crippen molar-refractivity contribution in [3.63, 3.8) is 0 Å². The summed E-state index contributed by atoms with van der Waals surface area (Å²) in [6, 6.07) is 26.4. The van der Waals surface area contributed by atoms with Crippen LogP contribution < -0.4 is 0 Å². The normalized spacial score (nSPS) is 12.4. The molecule has 7 rings (SSSR count). The van der Waals surface area contributed by atoms with E-state index in [-0.39, 0.29) is 42.5 Å². The fourth-order valence-electron chi connectivity index (χ4n) is 6.70. The molecule has 0 aliphatic heterocycles. The van der Waals surface area contributed by atoms with Gasteiger partial charge in [-0.25, -0.2) is 9.97 Å². The molecule has 0 amide bonds. The van der Waals surface area contributed by atoms with Crippen molar-refractivity contribution in [3.8, 4) is 11.3 Å². The number of aliphatic hydroxyl groups excluding tert-OH is 1. The summed E-state index contributed by atoms with van der Waals surface area (Å²) in [5.74, 6) is 0.286. The summed E-state index contributed by atoms with van der Waals surface area (Å²) in [5.41, 5.74) is 5.49. The number of carbonyl (C=O) groups is 1. The summed E-state index contributed by atoms with van der Waals surface area (Å²) in [7, 11) is 0. The second-order valence-electron chi connectivity index (χ2n) is 14.0. The minimum Gasteiger partial charge on any atom is -0.512 e. The van der Waals surface area contributed by atoms with Gasteiger partial charge in [-0.3, -0.25) is 9.78 Å². The van der Waals surface area contributed by atoms with E-state index in [4.69, 9.17) is 14.4 Å². The van der Waals surface area contributed by atoms with Gasteiger partial charge in [-0.05, 0) is 78.8 Å². The van der Waals surface area contributed by atoms with E-state index < -0.39 is 0 Å². The van der Waals surface area contributed by atoms with Crippen LogP contribution in [0.2, 0.25) is 0 Å². The maximum Gasteiger partial charge on any atom is 0.216 e. The molecular weight excluding hydrogens is 811 g/mol. The number of ketones is 1. The zero-order chi connectivity index (χ0) is 35.8. The fraction of sp³-hybridized carbons (Fsp3) is 0.318. The van der Waals surface area contributed by atoms with Crippen LogP contribution in [-0.4, -0.2) is 25.8 Å². The summed E-state index contributed by atoms with van der Waals surface area (Å²) in [5, 5.41) is 18.0. The Morgan fingerprint density at radius 2 is 1.49 bits per heavy atom. The number of allylic oxidation sites excluding steroid dienone is 2. The Morgan fingerprint density at radius 1 is 0.824 bits per heavy atom. The van der Waals surface area contributed by atoms with E-state index in [2.05, 4.69) is 66.5 Å². The van der Waals surface area contributed by atoms with Gasteiger partial charge in [0.05, 0.1) is 11.1 Å². The maximum absolute atomic E-state index is 12.2. The molecule has 1 radical (unpaired) electrons. The van der Waals surface area contributed by atoms with Crippen molar-refractivity contribution in [2.75, 3.05) is 0 Å². The summed E-state index contributed by atoms with van der Waals surface area (Å²) < 4.78 is 6.23. The first-order chi connectivity index (χ1) is 24.0. The number of pyridine rings is 1. The Hall–Kier alpha value is -4.45. The van der Waals surface area contributed by atoms with Gasteiger partial charge < -0.3 is 9.52 Å². The molecule has 3 aromatic heterocycles. The van der Waals surface area contributed by atoms with E-state index in [1.54, 1.807) is 6.33 Å². The number of hydrogen-bond donors (Lipinski definition) is 1. The second-order valence-corrected chi connectivity index (χ2v) is 14.0. The Balaban J connectivity index is 0.000000242. The molecule has 1 N–H and O–H groups in total. The first-order valence-corrected chi connectivity index (χ1v) is 17.7. The molecule has 0 saturated heterocycles. The Bertz CT molecular complexity index is 2420. The van der Waals surface area contributed by atoms with Gasteiger partial charge in [-0.2, -0.15) is 0 Å². The van der Waals surface area contributed by atoms with Gasteiger partial charge in [0.2, 0.25) is 5.71 Å². The predicted molar refractivity (Wildman–Crippen MR) is 206 cm³/mol. The molecule has 0 saturated carbocycles.